The van der Waals surface area contributed by atoms with Gasteiger partial charge in [-0.05, 0) is 89.6 Å². The molecule has 12 nitrogen and oxygen atoms in total. The number of piperazine rings is 1. The van der Waals surface area contributed by atoms with Gasteiger partial charge in [0.25, 0.3) is 5.56 Å². The minimum Gasteiger partial charge on any atom is -0.444 e. The quantitative estimate of drug-likeness (QED) is 0.192. The monoisotopic (exact) mass is 746 g/mol. The Labute approximate surface area is 322 Å². The number of pyridine rings is 1. The number of fused-ring (bicyclic) bond motifs is 2. The molecule has 12 heteroatoms. The molecule has 5 heterocycles. The largest absolute Gasteiger partial charge is 0.444 e. The van der Waals surface area contributed by atoms with Crippen molar-refractivity contribution < 1.29 is 14.3 Å². The standard InChI is InChI=1S/C43H54N8O4/c1-27-24-51(41(53)55-42(3,4)5)28(2)23-50(27)31-17-20-49(21-18-31)40-46-36-15-12-29(35-25-48(6)39(52)37-33(35)16-19-45-37)22-34(36)38(47-40)43(26-44,54-32-13-14-32)30-10-8-7-9-11-30/h7-12,15-16,19,22,25,27-28,31-32,45H,13-14,17-18,20-21,23-24,26,44H2,1-6H3/t27-,28+,43-/m0/s1. The second-order valence-electron chi connectivity index (χ2n) is 16.8. The lowest BCUT2D eigenvalue weighted by Crippen LogP contribution is -2.62. The van der Waals surface area contributed by atoms with E-state index in [0.29, 0.717) is 24.1 Å². The molecule has 8 rings (SSSR count). The molecule has 3 N–H and O–H groups in total. The fourth-order valence-corrected chi connectivity index (χ4v) is 8.57. The maximum Gasteiger partial charge on any atom is 0.410 e. The maximum absolute atomic E-state index is 13.0. The highest BCUT2D eigenvalue weighted by atomic mass is 16.6. The Morgan fingerprint density at radius 2 is 1.69 bits per heavy atom. The van der Waals surface area contributed by atoms with Crippen LogP contribution < -0.4 is 16.2 Å². The number of aryl methyl sites for hydroxylation is 1. The lowest BCUT2D eigenvalue weighted by atomic mass is 9.86. The summed E-state index contributed by atoms with van der Waals surface area (Å²) in [5.41, 5.74) is 10.2. The summed E-state index contributed by atoms with van der Waals surface area (Å²) >= 11 is 0. The van der Waals surface area contributed by atoms with Crippen LogP contribution in [0.4, 0.5) is 10.7 Å². The summed E-state index contributed by atoms with van der Waals surface area (Å²) in [6, 6.07) is 19.1. The van der Waals surface area contributed by atoms with E-state index < -0.39 is 11.2 Å². The number of nitrogens with one attached hydrogen (secondary N) is 1. The van der Waals surface area contributed by atoms with Crippen molar-refractivity contribution in [3.05, 3.63) is 88.6 Å². The number of benzene rings is 2. The van der Waals surface area contributed by atoms with E-state index in [1.54, 1.807) is 11.6 Å². The summed E-state index contributed by atoms with van der Waals surface area (Å²) in [6.07, 6.45) is 7.44. The molecule has 3 aromatic heterocycles. The zero-order valence-corrected chi connectivity index (χ0v) is 32.9. The third kappa shape index (κ3) is 7.11. The van der Waals surface area contributed by atoms with E-state index in [9.17, 15) is 9.59 Å². The van der Waals surface area contributed by atoms with Crippen LogP contribution in [-0.2, 0) is 22.1 Å². The molecule has 2 saturated heterocycles. The lowest BCUT2D eigenvalue weighted by Gasteiger charge is -2.49. The van der Waals surface area contributed by atoms with Crippen LogP contribution in [0, 0.1) is 0 Å². The Balaban J connectivity index is 1.14. The number of carbonyl (C=O) groups is 1. The van der Waals surface area contributed by atoms with Crippen molar-refractivity contribution in [1.82, 2.24) is 29.3 Å². The second kappa shape index (κ2) is 14.4. The number of hydrogen-bond donors (Lipinski definition) is 2. The molecule has 0 radical (unpaired) electrons. The third-order valence-corrected chi connectivity index (χ3v) is 11.6. The number of H-pyrrole nitrogens is 1. The molecule has 0 unspecified atom stereocenters. The van der Waals surface area contributed by atoms with Gasteiger partial charge in [0, 0.05) is 86.6 Å². The molecule has 2 aromatic carbocycles. The number of aromatic amines is 1. The van der Waals surface area contributed by atoms with Gasteiger partial charge in [0.15, 0.2) is 0 Å². The first-order valence-corrected chi connectivity index (χ1v) is 19.8. The van der Waals surface area contributed by atoms with Gasteiger partial charge in [-0.1, -0.05) is 36.4 Å². The minimum atomic E-state index is -0.998. The number of nitrogens with zero attached hydrogens (tertiary/aromatic N) is 6. The van der Waals surface area contributed by atoms with Crippen LogP contribution in [0.5, 0.6) is 0 Å². The molecule has 290 valence electrons. The summed E-state index contributed by atoms with van der Waals surface area (Å²) < 4.78 is 14.4. The lowest BCUT2D eigenvalue weighted by molar-refractivity contribution is -0.0259. The van der Waals surface area contributed by atoms with Crippen LogP contribution in [0.1, 0.15) is 71.6 Å². The molecule has 0 spiro atoms. The van der Waals surface area contributed by atoms with Gasteiger partial charge in [-0.3, -0.25) is 9.69 Å². The Morgan fingerprint density at radius 3 is 2.38 bits per heavy atom. The number of rotatable bonds is 8. The van der Waals surface area contributed by atoms with Crippen LogP contribution in [0.2, 0.25) is 0 Å². The van der Waals surface area contributed by atoms with Crippen LogP contribution in [0.15, 0.2) is 71.8 Å². The van der Waals surface area contributed by atoms with Gasteiger partial charge in [-0.25, -0.2) is 14.8 Å². The van der Waals surface area contributed by atoms with Gasteiger partial charge in [-0.2, -0.15) is 0 Å². The predicted octanol–water partition coefficient (Wildman–Crippen LogP) is 6.16. The van der Waals surface area contributed by atoms with Crippen LogP contribution in [0.25, 0.3) is 32.9 Å². The molecule has 3 fully saturated rings. The Morgan fingerprint density at radius 1 is 0.945 bits per heavy atom. The highest BCUT2D eigenvalue weighted by molar-refractivity contribution is 5.97. The number of carbonyl (C=O) groups excluding carboxylic acids is 1. The van der Waals surface area contributed by atoms with E-state index in [-0.39, 0.29) is 36.4 Å². The molecular formula is C43H54N8O4. The topological polar surface area (TPSA) is 135 Å². The summed E-state index contributed by atoms with van der Waals surface area (Å²) in [5.74, 6) is 0.674. The smallest absolute Gasteiger partial charge is 0.410 e. The van der Waals surface area contributed by atoms with Crippen molar-refractivity contribution >= 4 is 33.8 Å². The summed E-state index contributed by atoms with van der Waals surface area (Å²) in [6.45, 7) is 13.3. The Hall–Kier alpha value is -4.78. The van der Waals surface area contributed by atoms with Crippen LogP contribution in [0.3, 0.4) is 0 Å². The Bertz CT molecular complexity index is 2250. The number of amides is 1. The fourth-order valence-electron chi connectivity index (χ4n) is 8.57. The van der Waals surface area contributed by atoms with Crippen molar-refractivity contribution in [2.24, 2.45) is 12.8 Å². The summed E-state index contributed by atoms with van der Waals surface area (Å²) in [7, 11) is 1.78. The highest BCUT2D eigenvalue weighted by Gasteiger charge is 2.44. The third-order valence-electron chi connectivity index (χ3n) is 11.6. The minimum absolute atomic E-state index is 0.0586. The molecular weight excluding hydrogens is 693 g/mol. The summed E-state index contributed by atoms with van der Waals surface area (Å²) in [5, 5.41) is 1.73. The van der Waals surface area contributed by atoms with E-state index in [4.69, 9.17) is 25.2 Å². The van der Waals surface area contributed by atoms with E-state index >= 15 is 0 Å². The molecule has 3 aliphatic rings. The van der Waals surface area contributed by atoms with E-state index in [1.165, 1.54) is 0 Å². The van der Waals surface area contributed by atoms with Crippen molar-refractivity contribution in [3.63, 3.8) is 0 Å². The maximum atomic E-state index is 13.0. The van der Waals surface area contributed by atoms with Crippen molar-refractivity contribution in [2.45, 2.75) is 95.7 Å². The molecule has 1 amide bonds. The highest BCUT2D eigenvalue weighted by Crippen LogP contribution is 2.43. The number of piperidine rings is 1. The molecule has 3 atom stereocenters. The average Bonchev–Trinajstić information content (AvgIpc) is 3.86. The first-order valence-electron chi connectivity index (χ1n) is 19.8. The van der Waals surface area contributed by atoms with Gasteiger partial charge in [0.2, 0.25) is 5.95 Å². The van der Waals surface area contributed by atoms with Gasteiger partial charge in [0.05, 0.1) is 17.3 Å². The molecule has 5 aromatic rings. The molecule has 55 heavy (non-hydrogen) atoms. The number of ether oxygens (including phenoxy) is 2. The van der Waals surface area contributed by atoms with E-state index in [1.807, 2.05) is 62.3 Å². The van der Waals surface area contributed by atoms with Crippen LogP contribution in [-0.4, -0.2) is 98.0 Å². The van der Waals surface area contributed by atoms with Gasteiger partial charge < -0.3 is 34.6 Å². The zero-order valence-electron chi connectivity index (χ0n) is 32.9. The van der Waals surface area contributed by atoms with Gasteiger partial charge in [-0.15, -0.1) is 0 Å². The number of hydrogen-bond acceptors (Lipinski definition) is 9. The number of aromatic nitrogens is 4. The fraction of sp³-hybridized carbons (Fsp3) is 0.488. The van der Waals surface area contributed by atoms with Gasteiger partial charge >= 0.3 is 6.09 Å². The first kappa shape index (κ1) is 37.2. The van der Waals surface area contributed by atoms with Crippen molar-refractivity contribution in [3.8, 4) is 11.1 Å². The summed E-state index contributed by atoms with van der Waals surface area (Å²) in [4.78, 5) is 46.5. The Kier molecular flexibility index (Phi) is 9.71. The van der Waals surface area contributed by atoms with Crippen molar-refractivity contribution in [2.75, 3.05) is 37.6 Å². The normalized spacial score (nSPS) is 21.3. The zero-order chi connectivity index (χ0) is 38.6. The molecule has 0 bridgehead atoms. The van der Waals surface area contributed by atoms with E-state index in [0.717, 1.165) is 84.0 Å². The molecule has 2 aliphatic heterocycles. The predicted molar refractivity (Wildman–Crippen MR) is 216 cm³/mol. The number of anilines is 1. The van der Waals surface area contributed by atoms with Crippen LogP contribution >= 0.6 is 0 Å². The SMILES string of the molecule is C[C@@H]1CN(C2CCN(c3nc([C@@](CN)(OC4CC4)c4ccccc4)c4cc(-c5cn(C)c(=O)c6[nH]ccc56)ccc4n3)CC2)[C@@H](C)CN1C(=O)OC(C)(C)C. The van der Waals surface area contributed by atoms with E-state index in [2.05, 4.69) is 59.0 Å². The van der Waals surface area contributed by atoms with Gasteiger partial charge in [0.1, 0.15) is 16.7 Å². The van der Waals surface area contributed by atoms with Crippen molar-refractivity contribution in [1.29, 1.82) is 0 Å². The number of nitrogens with two attached hydrogens (primary N) is 1. The second-order valence-corrected chi connectivity index (χ2v) is 16.8. The average molecular weight is 747 g/mol. The first-order chi connectivity index (χ1) is 26.3. The molecule has 1 aliphatic carbocycles. The molecule has 1 saturated carbocycles.